The molecule has 2 aliphatic carbocycles. The number of benzene rings is 1. The highest BCUT2D eigenvalue weighted by atomic mass is 19.3. The van der Waals surface area contributed by atoms with E-state index in [0.717, 1.165) is 42.7 Å². The van der Waals surface area contributed by atoms with Gasteiger partial charge in [0.15, 0.2) is 17.4 Å². The van der Waals surface area contributed by atoms with Crippen molar-refractivity contribution in [2.45, 2.75) is 90.6 Å². The van der Waals surface area contributed by atoms with Crippen molar-refractivity contribution in [1.82, 2.24) is 0 Å². The van der Waals surface area contributed by atoms with Gasteiger partial charge in [-0.15, -0.1) is 0 Å². The molecule has 1 nitrogen and oxygen atoms in total. The summed E-state index contributed by atoms with van der Waals surface area (Å²) in [5, 5.41) is 0. The Balaban J connectivity index is 1.39. The van der Waals surface area contributed by atoms with E-state index in [9.17, 15) is 17.6 Å². The smallest absolute Gasteiger partial charge is 0.387 e. The number of allylic oxidation sites excluding steroid dienone is 2. The summed E-state index contributed by atoms with van der Waals surface area (Å²) in [5.41, 5.74) is 0.509. The predicted molar refractivity (Wildman–Crippen MR) is 116 cm³/mol. The molecule has 1 aromatic carbocycles. The molecule has 174 valence electrons. The maximum absolute atomic E-state index is 13.9. The van der Waals surface area contributed by atoms with E-state index in [0.29, 0.717) is 17.9 Å². The van der Waals surface area contributed by atoms with Crippen LogP contribution in [0.1, 0.15) is 83.1 Å². The van der Waals surface area contributed by atoms with Crippen LogP contribution in [0.2, 0.25) is 0 Å². The van der Waals surface area contributed by atoms with Crippen LogP contribution >= 0.6 is 0 Å². The first-order valence-corrected chi connectivity index (χ1v) is 12.0. The topological polar surface area (TPSA) is 9.23 Å². The highest BCUT2D eigenvalue weighted by Gasteiger charge is 2.30. The molecule has 1 aromatic rings. The van der Waals surface area contributed by atoms with Gasteiger partial charge in [0.05, 0.1) is 0 Å². The minimum Gasteiger partial charge on any atom is -0.429 e. The Morgan fingerprint density at radius 2 is 1.42 bits per heavy atom. The summed E-state index contributed by atoms with van der Waals surface area (Å²) in [4.78, 5) is 0. The molecule has 0 heterocycles. The van der Waals surface area contributed by atoms with Gasteiger partial charge in [0.1, 0.15) is 0 Å². The number of alkyl halides is 2. The van der Waals surface area contributed by atoms with Crippen molar-refractivity contribution in [3.05, 3.63) is 41.5 Å². The minimum absolute atomic E-state index is 0.509. The fraction of sp³-hybridized carbons (Fsp3) is 0.692. The number of ether oxygens (including phenoxy) is 1. The van der Waals surface area contributed by atoms with Crippen LogP contribution < -0.4 is 4.74 Å². The Morgan fingerprint density at radius 1 is 0.871 bits per heavy atom. The number of aryl methyl sites for hydroxylation is 1. The SMILES string of the molecule is CC/C=C/CC1CCC(C2CCC(CCc3cc(F)c(OC(F)F)c(F)c3)CC2)CC1. The van der Waals surface area contributed by atoms with Crippen molar-refractivity contribution < 1.29 is 22.3 Å². The molecule has 5 heteroatoms. The first kappa shape index (κ1) is 24.1. The molecule has 2 saturated carbocycles. The third-order valence-electron chi connectivity index (χ3n) is 7.43. The number of hydrogen-bond donors (Lipinski definition) is 0. The third kappa shape index (κ3) is 7.25. The molecular formula is C26H36F4O. The first-order valence-electron chi connectivity index (χ1n) is 12.0. The third-order valence-corrected chi connectivity index (χ3v) is 7.43. The van der Waals surface area contributed by atoms with Crippen LogP contribution in [0.15, 0.2) is 24.3 Å². The molecule has 31 heavy (non-hydrogen) atoms. The minimum atomic E-state index is -3.24. The van der Waals surface area contributed by atoms with Crippen LogP contribution in [-0.2, 0) is 6.42 Å². The van der Waals surface area contributed by atoms with E-state index in [4.69, 9.17) is 0 Å². The molecule has 0 N–H and O–H groups in total. The van der Waals surface area contributed by atoms with E-state index in [1.807, 2.05) is 0 Å². The zero-order chi connectivity index (χ0) is 22.2. The summed E-state index contributed by atoms with van der Waals surface area (Å²) in [6.07, 6.45) is 18.8. The Hall–Kier alpha value is -1.52. The molecular weight excluding hydrogens is 404 g/mol. The maximum Gasteiger partial charge on any atom is 0.387 e. The largest absolute Gasteiger partial charge is 0.429 e. The van der Waals surface area contributed by atoms with Gasteiger partial charge in [-0.25, -0.2) is 8.78 Å². The Labute approximate surface area is 184 Å². The van der Waals surface area contributed by atoms with Crippen LogP contribution in [0.25, 0.3) is 0 Å². The molecule has 0 saturated heterocycles. The van der Waals surface area contributed by atoms with E-state index < -0.39 is 24.0 Å². The van der Waals surface area contributed by atoms with Gasteiger partial charge >= 0.3 is 6.61 Å². The lowest BCUT2D eigenvalue weighted by Gasteiger charge is -2.37. The van der Waals surface area contributed by atoms with Crippen molar-refractivity contribution in [3.8, 4) is 5.75 Å². The molecule has 0 amide bonds. The van der Waals surface area contributed by atoms with Gasteiger partial charge in [0.25, 0.3) is 0 Å². The monoisotopic (exact) mass is 440 g/mol. The summed E-state index contributed by atoms with van der Waals surface area (Å²) in [5.74, 6) is 0.0560. The fourth-order valence-corrected chi connectivity index (χ4v) is 5.63. The van der Waals surface area contributed by atoms with Gasteiger partial charge in [-0.2, -0.15) is 8.78 Å². The van der Waals surface area contributed by atoms with Gasteiger partial charge in [-0.1, -0.05) is 31.9 Å². The average Bonchev–Trinajstić information content (AvgIpc) is 2.76. The van der Waals surface area contributed by atoms with Crippen LogP contribution in [0.5, 0.6) is 5.75 Å². The summed E-state index contributed by atoms with van der Waals surface area (Å²) >= 11 is 0. The summed E-state index contributed by atoms with van der Waals surface area (Å²) < 4.78 is 56.3. The van der Waals surface area contributed by atoms with Gasteiger partial charge in [0.2, 0.25) is 0 Å². The molecule has 2 aliphatic rings. The second-order valence-corrected chi connectivity index (χ2v) is 9.48. The van der Waals surface area contributed by atoms with Crippen LogP contribution in [0, 0.1) is 35.3 Å². The van der Waals surface area contributed by atoms with Crippen molar-refractivity contribution in [3.63, 3.8) is 0 Å². The average molecular weight is 441 g/mol. The fourth-order valence-electron chi connectivity index (χ4n) is 5.63. The van der Waals surface area contributed by atoms with Gasteiger partial charge in [-0.05, 0) is 106 Å². The second-order valence-electron chi connectivity index (χ2n) is 9.48. The van der Waals surface area contributed by atoms with Gasteiger partial charge in [-0.3, -0.25) is 0 Å². The molecule has 0 spiro atoms. The van der Waals surface area contributed by atoms with E-state index in [2.05, 4.69) is 23.8 Å². The summed E-state index contributed by atoms with van der Waals surface area (Å²) in [6, 6.07) is 2.25. The molecule has 0 radical (unpaired) electrons. The zero-order valence-electron chi connectivity index (χ0n) is 18.6. The summed E-state index contributed by atoms with van der Waals surface area (Å²) in [6.45, 7) is -1.06. The van der Waals surface area contributed by atoms with E-state index >= 15 is 0 Å². The standard InChI is InChI=1S/C26H36F4O/c1-2-3-4-5-18-8-12-21(13-9-18)22-14-10-19(11-15-22)6-7-20-16-23(27)25(24(28)17-20)31-26(29)30/h3-4,16-19,21-22,26H,2,5-15H2,1H3/b4-3+. The molecule has 0 bridgehead atoms. The van der Waals surface area contributed by atoms with E-state index in [-0.39, 0.29) is 0 Å². The lowest BCUT2D eigenvalue weighted by Crippen LogP contribution is -2.26. The van der Waals surface area contributed by atoms with Crippen molar-refractivity contribution in [1.29, 1.82) is 0 Å². The molecule has 0 atom stereocenters. The second kappa shape index (κ2) is 11.9. The first-order chi connectivity index (χ1) is 15.0. The summed E-state index contributed by atoms with van der Waals surface area (Å²) in [7, 11) is 0. The number of rotatable bonds is 9. The van der Waals surface area contributed by atoms with Crippen molar-refractivity contribution in [2.24, 2.45) is 23.7 Å². The Morgan fingerprint density at radius 3 is 1.94 bits per heavy atom. The van der Waals surface area contributed by atoms with Crippen LogP contribution in [0.4, 0.5) is 17.6 Å². The molecule has 3 rings (SSSR count). The Kier molecular flexibility index (Phi) is 9.28. The molecule has 0 aliphatic heterocycles. The normalized spacial score (nSPS) is 27.2. The van der Waals surface area contributed by atoms with Crippen LogP contribution in [0.3, 0.4) is 0 Å². The van der Waals surface area contributed by atoms with Crippen LogP contribution in [-0.4, -0.2) is 6.61 Å². The lowest BCUT2D eigenvalue weighted by atomic mass is 9.68. The molecule has 0 unspecified atom stereocenters. The van der Waals surface area contributed by atoms with Gasteiger partial charge in [0, 0.05) is 0 Å². The lowest BCUT2D eigenvalue weighted by molar-refractivity contribution is -0.0546. The van der Waals surface area contributed by atoms with E-state index in [1.165, 1.54) is 57.8 Å². The number of halogens is 4. The molecule has 2 fully saturated rings. The predicted octanol–water partition coefficient (Wildman–Crippen LogP) is 8.47. The highest BCUT2D eigenvalue weighted by molar-refractivity contribution is 5.31. The quantitative estimate of drug-likeness (QED) is 0.276. The van der Waals surface area contributed by atoms with Crippen molar-refractivity contribution in [2.75, 3.05) is 0 Å². The van der Waals surface area contributed by atoms with Crippen molar-refractivity contribution >= 4 is 0 Å². The maximum atomic E-state index is 13.9. The van der Waals surface area contributed by atoms with Gasteiger partial charge < -0.3 is 4.74 Å². The number of hydrogen-bond acceptors (Lipinski definition) is 1. The molecule has 0 aromatic heterocycles. The van der Waals surface area contributed by atoms with E-state index in [1.54, 1.807) is 0 Å². The Bertz CT molecular complexity index is 678. The highest BCUT2D eigenvalue weighted by Crippen LogP contribution is 2.43. The zero-order valence-corrected chi connectivity index (χ0v) is 18.6.